The quantitative estimate of drug-likeness (QED) is 0.776. The molecule has 1 aromatic carbocycles. The molecule has 0 saturated carbocycles. The number of rotatable bonds is 2. The minimum absolute atomic E-state index is 0.190. The van der Waals surface area contributed by atoms with Crippen LogP contribution in [0.5, 0.6) is 0 Å². The largest absolute Gasteiger partial charge is 0.380 e. The van der Waals surface area contributed by atoms with Crippen LogP contribution in [0.15, 0.2) is 24.3 Å². The van der Waals surface area contributed by atoms with E-state index in [2.05, 4.69) is 0 Å². The molecule has 1 aliphatic rings. The third-order valence-electron chi connectivity index (χ3n) is 2.78. The standard InChI is InChI=1S/C11H14FNO/c12-10-3-1-2-8(4-10)11-7-14-6-9(11)5-13/h1-4,9,11H,5-7,13H2. The van der Waals surface area contributed by atoms with Crippen LogP contribution >= 0.6 is 0 Å². The molecule has 1 fully saturated rings. The van der Waals surface area contributed by atoms with Crippen molar-refractivity contribution in [3.8, 4) is 0 Å². The lowest BCUT2D eigenvalue weighted by Crippen LogP contribution is -2.20. The van der Waals surface area contributed by atoms with Crippen molar-refractivity contribution in [1.82, 2.24) is 0 Å². The molecule has 1 aliphatic heterocycles. The van der Waals surface area contributed by atoms with E-state index >= 15 is 0 Å². The maximum atomic E-state index is 13.0. The van der Waals surface area contributed by atoms with Gasteiger partial charge in [0.05, 0.1) is 13.2 Å². The molecule has 0 aliphatic carbocycles. The lowest BCUT2D eigenvalue weighted by molar-refractivity contribution is 0.185. The zero-order valence-corrected chi connectivity index (χ0v) is 7.95. The van der Waals surface area contributed by atoms with E-state index in [0.29, 0.717) is 25.7 Å². The van der Waals surface area contributed by atoms with Crippen LogP contribution in [0, 0.1) is 11.7 Å². The molecule has 76 valence electrons. The van der Waals surface area contributed by atoms with E-state index in [1.807, 2.05) is 6.07 Å². The normalized spacial score (nSPS) is 26.7. The van der Waals surface area contributed by atoms with Gasteiger partial charge in [0, 0.05) is 11.8 Å². The lowest BCUT2D eigenvalue weighted by atomic mass is 9.89. The Bertz CT molecular complexity index is 316. The highest BCUT2D eigenvalue weighted by atomic mass is 19.1. The van der Waals surface area contributed by atoms with Crippen molar-refractivity contribution in [3.63, 3.8) is 0 Å². The monoisotopic (exact) mass is 195 g/mol. The van der Waals surface area contributed by atoms with Gasteiger partial charge in [-0.05, 0) is 24.2 Å². The van der Waals surface area contributed by atoms with Crippen LogP contribution in [0.4, 0.5) is 4.39 Å². The summed E-state index contributed by atoms with van der Waals surface area (Å²) in [4.78, 5) is 0. The lowest BCUT2D eigenvalue weighted by Gasteiger charge is -2.15. The number of hydrogen-bond donors (Lipinski definition) is 1. The first-order chi connectivity index (χ1) is 6.81. The number of halogens is 1. The molecule has 0 aromatic heterocycles. The minimum Gasteiger partial charge on any atom is -0.380 e. The number of ether oxygens (including phenoxy) is 1. The molecule has 2 unspecified atom stereocenters. The van der Waals surface area contributed by atoms with Crippen LogP contribution in [0.1, 0.15) is 11.5 Å². The van der Waals surface area contributed by atoms with E-state index in [1.165, 1.54) is 6.07 Å². The Morgan fingerprint density at radius 3 is 3.00 bits per heavy atom. The smallest absolute Gasteiger partial charge is 0.123 e. The summed E-state index contributed by atoms with van der Waals surface area (Å²) in [5.74, 6) is 0.401. The van der Waals surface area contributed by atoms with E-state index in [1.54, 1.807) is 12.1 Å². The number of hydrogen-bond acceptors (Lipinski definition) is 2. The van der Waals surface area contributed by atoms with Gasteiger partial charge in [-0.25, -0.2) is 4.39 Å². The summed E-state index contributed by atoms with van der Waals surface area (Å²) in [6.45, 7) is 1.95. The summed E-state index contributed by atoms with van der Waals surface area (Å²) >= 11 is 0. The molecule has 2 atom stereocenters. The van der Waals surface area contributed by atoms with Crippen LogP contribution in [0.3, 0.4) is 0 Å². The second-order valence-corrected chi connectivity index (χ2v) is 3.69. The second kappa shape index (κ2) is 4.07. The van der Waals surface area contributed by atoms with Gasteiger partial charge < -0.3 is 10.5 Å². The summed E-state index contributed by atoms with van der Waals surface area (Å²) in [5.41, 5.74) is 6.62. The summed E-state index contributed by atoms with van der Waals surface area (Å²) < 4.78 is 18.3. The molecule has 14 heavy (non-hydrogen) atoms. The van der Waals surface area contributed by atoms with E-state index in [4.69, 9.17) is 10.5 Å². The second-order valence-electron chi connectivity index (χ2n) is 3.69. The molecule has 2 nitrogen and oxygen atoms in total. The van der Waals surface area contributed by atoms with E-state index in [-0.39, 0.29) is 11.7 Å². The molecular formula is C11H14FNO. The molecule has 3 heteroatoms. The number of nitrogens with two attached hydrogens (primary N) is 1. The molecule has 2 rings (SSSR count). The van der Waals surface area contributed by atoms with Crippen LogP contribution in [-0.2, 0) is 4.74 Å². The predicted molar refractivity (Wildman–Crippen MR) is 52.5 cm³/mol. The molecule has 1 aromatic rings. The first kappa shape index (κ1) is 9.62. The summed E-state index contributed by atoms with van der Waals surface area (Å²) in [7, 11) is 0. The molecule has 2 N–H and O–H groups in total. The average Bonchev–Trinajstić information content (AvgIpc) is 2.65. The van der Waals surface area contributed by atoms with Gasteiger partial charge in [0.1, 0.15) is 5.82 Å². The molecule has 0 spiro atoms. The Kier molecular flexibility index (Phi) is 2.79. The van der Waals surface area contributed by atoms with Crippen molar-refractivity contribution in [2.24, 2.45) is 11.7 Å². The van der Waals surface area contributed by atoms with Gasteiger partial charge >= 0.3 is 0 Å². The Hall–Kier alpha value is -0.930. The Balaban J connectivity index is 2.21. The molecule has 1 saturated heterocycles. The highest BCUT2D eigenvalue weighted by molar-refractivity contribution is 5.22. The van der Waals surface area contributed by atoms with Crippen LogP contribution in [0.25, 0.3) is 0 Å². The Labute approximate surface area is 82.9 Å². The van der Waals surface area contributed by atoms with Crippen molar-refractivity contribution in [3.05, 3.63) is 35.6 Å². The molecule has 0 amide bonds. The Morgan fingerprint density at radius 1 is 1.43 bits per heavy atom. The maximum Gasteiger partial charge on any atom is 0.123 e. The summed E-state index contributed by atoms with van der Waals surface area (Å²) in [6.07, 6.45) is 0. The van der Waals surface area contributed by atoms with Crippen molar-refractivity contribution in [1.29, 1.82) is 0 Å². The van der Waals surface area contributed by atoms with Crippen molar-refractivity contribution in [2.45, 2.75) is 5.92 Å². The van der Waals surface area contributed by atoms with Gasteiger partial charge in [-0.1, -0.05) is 12.1 Å². The van der Waals surface area contributed by atoms with Crippen LogP contribution in [-0.4, -0.2) is 19.8 Å². The third kappa shape index (κ3) is 1.79. The van der Waals surface area contributed by atoms with E-state index in [0.717, 1.165) is 5.56 Å². The SMILES string of the molecule is NCC1COCC1c1cccc(F)c1. The predicted octanol–water partition coefficient (Wildman–Crippen LogP) is 1.51. The van der Waals surface area contributed by atoms with Crippen molar-refractivity contribution < 1.29 is 9.13 Å². The first-order valence-corrected chi connectivity index (χ1v) is 4.84. The van der Waals surface area contributed by atoms with E-state index in [9.17, 15) is 4.39 Å². The first-order valence-electron chi connectivity index (χ1n) is 4.84. The molecule has 0 radical (unpaired) electrons. The zero-order chi connectivity index (χ0) is 9.97. The fourth-order valence-electron chi connectivity index (χ4n) is 1.94. The van der Waals surface area contributed by atoms with Crippen LogP contribution in [0.2, 0.25) is 0 Å². The van der Waals surface area contributed by atoms with Gasteiger partial charge in [-0.15, -0.1) is 0 Å². The van der Waals surface area contributed by atoms with Crippen molar-refractivity contribution in [2.75, 3.05) is 19.8 Å². The minimum atomic E-state index is -0.190. The zero-order valence-electron chi connectivity index (χ0n) is 7.95. The summed E-state index contributed by atoms with van der Waals surface area (Å²) in [6, 6.07) is 6.69. The van der Waals surface area contributed by atoms with Crippen LogP contribution < -0.4 is 5.73 Å². The van der Waals surface area contributed by atoms with Gasteiger partial charge in [0.25, 0.3) is 0 Å². The highest BCUT2D eigenvalue weighted by Crippen LogP contribution is 2.30. The maximum absolute atomic E-state index is 13.0. The number of benzene rings is 1. The van der Waals surface area contributed by atoms with Gasteiger partial charge in [0.15, 0.2) is 0 Å². The van der Waals surface area contributed by atoms with Gasteiger partial charge in [0.2, 0.25) is 0 Å². The van der Waals surface area contributed by atoms with Crippen molar-refractivity contribution >= 4 is 0 Å². The fraction of sp³-hybridized carbons (Fsp3) is 0.455. The molecule has 0 bridgehead atoms. The third-order valence-corrected chi connectivity index (χ3v) is 2.78. The molecular weight excluding hydrogens is 181 g/mol. The molecule has 1 heterocycles. The Morgan fingerprint density at radius 2 is 2.29 bits per heavy atom. The van der Waals surface area contributed by atoms with E-state index < -0.39 is 0 Å². The highest BCUT2D eigenvalue weighted by Gasteiger charge is 2.28. The fourth-order valence-corrected chi connectivity index (χ4v) is 1.94. The topological polar surface area (TPSA) is 35.2 Å². The van der Waals surface area contributed by atoms with Gasteiger partial charge in [-0.2, -0.15) is 0 Å². The summed E-state index contributed by atoms with van der Waals surface area (Å²) in [5, 5.41) is 0. The average molecular weight is 195 g/mol. The van der Waals surface area contributed by atoms with Gasteiger partial charge in [-0.3, -0.25) is 0 Å².